The quantitative estimate of drug-likeness (QED) is 0.623. The Morgan fingerprint density at radius 1 is 1.19 bits per heavy atom. The molecular formula is C24H24FN3O3. The van der Waals surface area contributed by atoms with Crippen LogP contribution in [0.15, 0.2) is 54.9 Å². The molecule has 160 valence electrons. The topological polar surface area (TPSA) is 77.2 Å². The van der Waals surface area contributed by atoms with Gasteiger partial charge in [-0.05, 0) is 48.4 Å². The highest BCUT2D eigenvalue weighted by Gasteiger charge is 2.26. The lowest BCUT2D eigenvalue weighted by molar-refractivity contribution is -0.156. The van der Waals surface area contributed by atoms with Gasteiger partial charge in [0.15, 0.2) is 0 Å². The van der Waals surface area contributed by atoms with Gasteiger partial charge in [-0.15, -0.1) is 0 Å². The van der Waals surface area contributed by atoms with Crippen LogP contribution in [0.4, 0.5) is 4.39 Å². The summed E-state index contributed by atoms with van der Waals surface area (Å²) < 4.78 is 20.8. The minimum absolute atomic E-state index is 0.0163. The fourth-order valence-corrected chi connectivity index (χ4v) is 3.73. The molecule has 4 rings (SSSR count). The number of cyclic esters (lactones) is 1. The predicted molar refractivity (Wildman–Crippen MR) is 115 cm³/mol. The van der Waals surface area contributed by atoms with Crippen LogP contribution in [-0.2, 0) is 9.53 Å². The van der Waals surface area contributed by atoms with Crippen molar-refractivity contribution in [1.82, 2.24) is 14.8 Å². The highest BCUT2D eigenvalue weighted by molar-refractivity contribution is 5.76. The second kappa shape index (κ2) is 8.81. The van der Waals surface area contributed by atoms with Gasteiger partial charge in [-0.2, -0.15) is 5.10 Å². The van der Waals surface area contributed by atoms with E-state index in [9.17, 15) is 14.3 Å². The summed E-state index contributed by atoms with van der Waals surface area (Å²) in [6.07, 6.45) is 6.20. The fraction of sp³-hybridized carbons (Fsp3) is 0.292. The van der Waals surface area contributed by atoms with Gasteiger partial charge < -0.3 is 9.84 Å². The minimum Gasteiger partial charge on any atom is -0.458 e. The van der Waals surface area contributed by atoms with E-state index >= 15 is 0 Å². The largest absolute Gasteiger partial charge is 0.458 e. The molecule has 1 N–H and O–H groups in total. The highest BCUT2D eigenvalue weighted by Crippen LogP contribution is 2.34. The van der Waals surface area contributed by atoms with Gasteiger partial charge in [0.1, 0.15) is 11.9 Å². The molecule has 0 radical (unpaired) electrons. The van der Waals surface area contributed by atoms with Crippen LogP contribution in [-0.4, -0.2) is 38.0 Å². The second-order valence-electron chi connectivity index (χ2n) is 7.91. The number of halogens is 1. The Kier molecular flexibility index (Phi) is 5.95. The molecule has 6 nitrogen and oxygen atoms in total. The molecule has 0 bridgehead atoms. The summed E-state index contributed by atoms with van der Waals surface area (Å²) in [6, 6.07) is 9.99. The predicted octanol–water partition coefficient (Wildman–Crippen LogP) is 4.28. The number of aromatic nitrogens is 3. The summed E-state index contributed by atoms with van der Waals surface area (Å²) in [5, 5.41) is 14.8. The maximum atomic E-state index is 13.6. The molecular weight excluding hydrogens is 397 g/mol. The number of benzene rings is 1. The Balaban J connectivity index is 1.86. The van der Waals surface area contributed by atoms with Crippen molar-refractivity contribution in [3.8, 4) is 16.9 Å². The molecule has 1 aromatic carbocycles. The number of rotatable bonds is 5. The van der Waals surface area contributed by atoms with Crippen LogP contribution in [0.2, 0.25) is 0 Å². The molecule has 1 aliphatic heterocycles. The van der Waals surface area contributed by atoms with Gasteiger partial charge in [-0.3, -0.25) is 9.78 Å². The first-order valence-corrected chi connectivity index (χ1v) is 10.3. The maximum absolute atomic E-state index is 13.6. The van der Waals surface area contributed by atoms with Crippen molar-refractivity contribution in [1.29, 1.82) is 0 Å². The normalized spacial score (nSPS) is 19.2. The zero-order valence-electron chi connectivity index (χ0n) is 17.4. The Bertz CT molecular complexity index is 1090. The van der Waals surface area contributed by atoms with E-state index in [1.54, 1.807) is 30.6 Å². The van der Waals surface area contributed by atoms with E-state index in [-0.39, 0.29) is 18.2 Å². The van der Waals surface area contributed by atoms with E-state index in [1.165, 1.54) is 12.1 Å². The summed E-state index contributed by atoms with van der Waals surface area (Å²) in [6.45, 7) is 4.10. The Hall–Kier alpha value is -3.32. The van der Waals surface area contributed by atoms with Crippen LogP contribution in [0.5, 0.6) is 0 Å². The zero-order chi connectivity index (χ0) is 22.0. The van der Waals surface area contributed by atoms with Crippen LogP contribution in [0.3, 0.4) is 0 Å². The zero-order valence-corrected chi connectivity index (χ0v) is 17.4. The maximum Gasteiger partial charge on any atom is 0.309 e. The number of carbonyl (C=O) groups excluding carboxylic acids is 1. The molecule has 3 aromatic rings. The number of hydrogen-bond donors (Lipinski definition) is 1. The van der Waals surface area contributed by atoms with Gasteiger partial charge in [0, 0.05) is 29.9 Å². The van der Waals surface area contributed by atoms with Crippen molar-refractivity contribution in [2.45, 2.75) is 44.8 Å². The van der Waals surface area contributed by atoms with Crippen molar-refractivity contribution >= 4 is 12.0 Å². The number of pyridine rings is 1. The number of hydrogen-bond acceptors (Lipinski definition) is 5. The number of nitrogens with zero attached hydrogens (tertiary/aromatic N) is 3. The first-order valence-electron chi connectivity index (χ1n) is 10.3. The second-order valence-corrected chi connectivity index (χ2v) is 7.91. The first-order chi connectivity index (χ1) is 14.9. The van der Waals surface area contributed by atoms with E-state index in [0.717, 1.165) is 28.2 Å². The Labute approximate surface area is 180 Å². The summed E-state index contributed by atoms with van der Waals surface area (Å²) in [4.78, 5) is 15.8. The lowest BCUT2D eigenvalue weighted by Gasteiger charge is -2.23. The van der Waals surface area contributed by atoms with Crippen molar-refractivity contribution in [2.75, 3.05) is 0 Å². The summed E-state index contributed by atoms with van der Waals surface area (Å²) in [5.74, 6) is -0.617. The van der Waals surface area contributed by atoms with Gasteiger partial charge in [0.25, 0.3) is 0 Å². The summed E-state index contributed by atoms with van der Waals surface area (Å²) in [5.41, 5.74) is 4.15. The Morgan fingerprint density at radius 2 is 1.90 bits per heavy atom. The van der Waals surface area contributed by atoms with E-state index < -0.39 is 18.2 Å². The SMILES string of the molecule is CC(C)c1nn(-c2ccncc2)c(-c2ccc(F)cc2)c1/C=C/[C@@H]1C[C@@H](O)CC(=O)O1. The molecule has 0 saturated carbocycles. The number of ether oxygens (including phenoxy) is 1. The number of aliphatic hydroxyl groups is 1. The molecule has 0 amide bonds. The number of esters is 1. The van der Waals surface area contributed by atoms with E-state index in [2.05, 4.69) is 18.8 Å². The van der Waals surface area contributed by atoms with E-state index in [0.29, 0.717) is 6.42 Å². The minimum atomic E-state index is -0.711. The van der Waals surface area contributed by atoms with Gasteiger partial charge in [0.05, 0.1) is 29.6 Å². The number of carbonyl (C=O) groups is 1. The van der Waals surface area contributed by atoms with Crippen molar-refractivity contribution in [3.05, 3.63) is 71.9 Å². The summed E-state index contributed by atoms with van der Waals surface area (Å²) >= 11 is 0. The lowest BCUT2D eigenvalue weighted by Crippen LogP contribution is -2.31. The van der Waals surface area contributed by atoms with Crippen LogP contribution in [0.1, 0.15) is 43.9 Å². The Morgan fingerprint density at radius 3 is 2.55 bits per heavy atom. The van der Waals surface area contributed by atoms with Crippen LogP contribution < -0.4 is 0 Å². The monoisotopic (exact) mass is 421 g/mol. The molecule has 1 aliphatic rings. The molecule has 0 aliphatic carbocycles. The third-order valence-electron chi connectivity index (χ3n) is 5.19. The first kappa shape index (κ1) is 20.9. The summed E-state index contributed by atoms with van der Waals surface area (Å²) in [7, 11) is 0. The lowest BCUT2D eigenvalue weighted by atomic mass is 9.98. The molecule has 3 heterocycles. The van der Waals surface area contributed by atoms with E-state index in [4.69, 9.17) is 9.84 Å². The van der Waals surface area contributed by atoms with Crippen LogP contribution in [0, 0.1) is 5.82 Å². The molecule has 1 saturated heterocycles. The van der Waals surface area contributed by atoms with Gasteiger partial charge in [0.2, 0.25) is 0 Å². The highest BCUT2D eigenvalue weighted by atomic mass is 19.1. The molecule has 2 aromatic heterocycles. The van der Waals surface area contributed by atoms with Crippen molar-refractivity contribution in [3.63, 3.8) is 0 Å². The van der Waals surface area contributed by atoms with Gasteiger partial charge in [-0.25, -0.2) is 9.07 Å². The van der Waals surface area contributed by atoms with Gasteiger partial charge in [-0.1, -0.05) is 19.9 Å². The molecule has 0 unspecified atom stereocenters. The average Bonchev–Trinajstić information content (AvgIpc) is 3.12. The fourth-order valence-electron chi connectivity index (χ4n) is 3.73. The molecule has 2 atom stereocenters. The molecule has 31 heavy (non-hydrogen) atoms. The average molecular weight is 421 g/mol. The van der Waals surface area contributed by atoms with Crippen molar-refractivity contribution < 1.29 is 19.0 Å². The molecule has 7 heteroatoms. The molecule has 1 fully saturated rings. The van der Waals surface area contributed by atoms with E-state index in [1.807, 2.05) is 22.9 Å². The van der Waals surface area contributed by atoms with Crippen LogP contribution >= 0.6 is 0 Å². The smallest absolute Gasteiger partial charge is 0.309 e. The van der Waals surface area contributed by atoms with Crippen molar-refractivity contribution in [2.24, 2.45) is 0 Å². The van der Waals surface area contributed by atoms with Crippen LogP contribution in [0.25, 0.3) is 23.0 Å². The van der Waals surface area contributed by atoms with Gasteiger partial charge >= 0.3 is 5.97 Å². The third-order valence-corrected chi connectivity index (χ3v) is 5.19. The number of aliphatic hydroxyl groups excluding tert-OH is 1. The molecule has 0 spiro atoms. The third kappa shape index (κ3) is 4.56. The standard InChI is InChI=1S/C24H24FN3O3/c1-15(2)23-21(8-7-20-13-19(29)14-22(30)31-20)24(16-3-5-17(25)6-4-16)28(27-23)18-9-11-26-12-10-18/h3-12,15,19-20,29H,13-14H2,1-2H3/b8-7+/t19-,20-/m1/s1.